The normalized spacial score (nSPS) is 31.3. The zero-order valence-electron chi connectivity index (χ0n) is 22.0. The third kappa shape index (κ3) is 8.42. The maximum atomic E-state index is 12.5. The molecule has 3 aliphatic rings. The van der Waals surface area contributed by atoms with Crippen molar-refractivity contribution in [2.24, 2.45) is 17.3 Å². The van der Waals surface area contributed by atoms with E-state index in [0.29, 0.717) is 11.3 Å². The van der Waals surface area contributed by atoms with Gasteiger partial charge in [-0.15, -0.1) is 0 Å². The Hall–Kier alpha value is -1.31. The van der Waals surface area contributed by atoms with Gasteiger partial charge in [0.1, 0.15) is 0 Å². The van der Waals surface area contributed by atoms with Gasteiger partial charge in [-0.05, 0) is 82.6 Å². The van der Waals surface area contributed by atoms with E-state index in [4.69, 9.17) is 4.74 Å². The molecule has 2 aliphatic heterocycles. The second-order valence-electron chi connectivity index (χ2n) is 12.0. The van der Waals surface area contributed by atoms with Crippen molar-refractivity contribution in [1.29, 1.82) is 0 Å². The molecule has 0 N–H and O–H groups in total. The third-order valence-corrected chi connectivity index (χ3v) is 8.10. The molecule has 0 spiro atoms. The minimum absolute atomic E-state index is 0.202. The summed E-state index contributed by atoms with van der Waals surface area (Å²) in [6.07, 6.45) is 5.13. The summed E-state index contributed by atoms with van der Waals surface area (Å²) in [7, 11) is 2.22. The molecule has 1 aliphatic carbocycles. The van der Waals surface area contributed by atoms with Crippen LogP contribution in [0.25, 0.3) is 0 Å². The number of Topliss-reactive ketones (excluding diaryl/α,β-unsaturated/α-hetero) is 2. The largest absolute Gasteiger partial charge is 0.446 e. The van der Waals surface area contributed by atoms with Crippen LogP contribution in [0, 0.1) is 17.3 Å². The second kappa shape index (κ2) is 12.6. The quantitative estimate of drug-likeness (QED) is 0.455. The van der Waals surface area contributed by atoms with Gasteiger partial charge in [-0.1, -0.05) is 20.8 Å². The fraction of sp³-hybridized carbons (Fsp3) is 0.889. The molecule has 7 heteroatoms. The third-order valence-electron chi connectivity index (χ3n) is 8.10. The van der Waals surface area contributed by atoms with Crippen molar-refractivity contribution in [3.63, 3.8) is 0 Å². The summed E-state index contributed by atoms with van der Waals surface area (Å²) in [5.41, 5.74) is 0.320. The van der Waals surface area contributed by atoms with Crippen molar-refractivity contribution >= 4 is 17.5 Å². The van der Waals surface area contributed by atoms with Crippen molar-refractivity contribution in [3.05, 3.63) is 0 Å². The molecule has 0 radical (unpaired) electrons. The molecular formula is C27H47N3O4. The fourth-order valence-electron chi connectivity index (χ4n) is 5.79. The van der Waals surface area contributed by atoms with Crippen molar-refractivity contribution < 1.29 is 19.1 Å². The number of carbonyl (C=O) groups excluding carboxylic acids is 3. The van der Waals surface area contributed by atoms with Crippen LogP contribution in [0.5, 0.6) is 0 Å². The minimum atomic E-state index is -1.15. The molecule has 194 valence electrons. The molecule has 34 heavy (non-hydrogen) atoms. The first-order chi connectivity index (χ1) is 16.1. The van der Waals surface area contributed by atoms with E-state index in [-0.39, 0.29) is 30.8 Å². The van der Waals surface area contributed by atoms with Gasteiger partial charge >= 0.3 is 5.97 Å². The van der Waals surface area contributed by atoms with Gasteiger partial charge in [0.2, 0.25) is 6.10 Å². The van der Waals surface area contributed by atoms with Crippen LogP contribution < -0.4 is 0 Å². The Bertz CT molecular complexity index is 688. The molecule has 2 saturated heterocycles. The number of fused-ring (bicyclic) bond motifs is 4. The number of nitrogens with zero attached hydrogens (tertiary/aromatic N) is 3. The van der Waals surface area contributed by atoms with Crippen molar-refractivity contribution in [2.75, 3.05) is 59.4 Å². The van der Waals surface area contributed by atoms with Crippen molar-refractivity contribution in [3.8, 4) is 0 Å². The number of likely N-dealkylation sites (N-methyl/N-ethyl adjacent to an activating group) is 1. The molecule has 2 heterocycles. The van der Waals surface area contributed by atoms with E-state index in [1.165, 1.54) is 19.3 Å². The average molecular weight is 478 g/mol. The van der Waals surface area contributed by atoms with Crippen LogP contribution in [0.1, 0.15) is 72.1 Å². The van der Waals surface area contributed by atoms with E-state index in [0.717, 1.165) is 71.1 Å². The molecule has 0 amide bonds. The standard InChI is InChI=1S/C27H47N3O4/c1-27(2,3)22-7-5-14-30-18-17-28(4)13-6-15-29(16-12-22)19-21(20-30)8-11-25(33)34-26-23(31)9-10-24(26)32/h21-22,26H,5-20H2,1-4H3. The molecule has 0 aromatic carbocycles. The van der Waals surface area contributed by atoms with Gasteiger partial charge in [-0.3, -0.25) is 14.4 Å². The Morgan fingerprint density at radius 1 is 0.882 bits per heavy atom. The van der Waals surface area contributed by atoms with E-state index in [2.05, 4.69) is 42.5 Å². The topological polar surface area (TPSA) is 70.2 Å². The van der Waals surface area contributed by atoms with E-state index in [9.17, 15) is 14.4 Å². The molecule has 3 fully saturated rings. The molecule has 2 bridgehead atoms. The van der Waals surface area contributed by atoms with Crippen molar-refractivity contribution in [1.82, 2.24) is 14.7 Å². The molecule has 1 saturated carbocycles. The van der Waals surface area contributed by atoms with Gasteiger partial charge in [0.05, 0.1) is 0 Å². The van der Waals surface area contributed by atoms with Crippen LogP contribution in [0.4, 0.5) is 0 Å². The predicted octanol–water partition coefficient (Wildman–Crippen LogP) is 3.01. The Balaban J connectivity index is 1.67. The highest BCUT2D eigenvalue weighted by Gasteiger charge is 2.36. The molecule has 7 nitrogen and oxygen atoms in total. The molecule has 4 unspecified atom stereocenters. The van der Waals surface area contributed by atoms with E-state index >= 15 is 0 Å². The summed E-state index contributed by atoms with van der Waals surface area (Å²) in [5.74, 6) is 0.188. The van der Waals surface area contributed by atoms with Crippen LogP contribution >= 0.6 is 0 Å². The van der Waals surface area contributed by atoms with Gasteiger partial charge in [-0.25, -0.2) is 0 Å². The fourth-order valence-corrected chi connectivity index (χ4v) is 5.79. The first-order valence-electron chi connectivity index (χ1n) is 13.5. The van der Waals surface area contributed by atoms with Gasteiger partial charge in [0.15, 0.2) is 11.6 Å². The van der Waals surface area contributed by atoms with Crippen LogP contribution in [-0.2, 0) is 19.1 Å². The van der Waals surface area contributed by atoms with Crippen LogP contribution in [0.2, 0.25) is 0 Å². The van der Waals surface area contributed by atoms with Crippen LogP contribution in [-0.4, -0.2) is 97.7 Å². The van der Waals surface area contributed by atoms with Crippen molar-refractivity contribution in [2.45, 2.75) is 78.2 Å². The van der Waals surface area contributed by atoms with Gasteiger partial charge in [-0.2, -0.15) is 0 Å². The highest BCUT2D eigenvalue weighted by Crippen LogP contribution is 2.33. The molecular weight excluding hydrogens is 430 g/mol. The van der Waals surface area contributed by atoms with Gasteiger partial charge in [0, 0.05) is 45.4 Å². The first kappa shape index (κ1) is 27.3. The van der Waals surface area contributed by atoms with E-state index < -0.39 is 12.1 Å². The Morgan fingerprint density at radius 2 is 1.53 bits per heavy atom. The lowest BCUT2D eigenvalue weighted by Gasteiger charge is -2.34. The highest BCUT2D eigenvalue weighted by molar-refractivity contribution is 6.12. The zero-order chi connectivity index (χ0) is 24.7. The summed E-state index contributed by atoms with van der Waals surface area (Å²) >= 11 is 0. The number of ether oxygens (including phenoxy) is 1. The molecule has 3 rings (SSSR count). The summed E-state index contributed by atoms with van der Waals surface area (Å²) in [6.45, 7) is 15.7. The van der Waals surface area contributed by atoms with E-state index in [1.807, 2.05) is 0 Å². The van der Waals surface area contributed by atoms with Gasteiger partial charge < -0.3 is 19.4 Å². The second-order valence-corrected chi connectivity index (χ2v) is 12.0. The predicted molar refractivity (Wildman–Crippen MR) is 134 cm³/mol. The lowest BCUT2D eigenvalue weighted by molar-refractivity contribution is -0.157. The lowest BCUT2D eigenvalue weighted by Crippen LogP contribution is -2.39. The number of hydrogen-bond donors (Lipinski definition) is 0. The summed E-state index contributed by atoms with van der Waals surface area (Å²) in [6, 6.07) is 0. The smallest absolute Gasteiger partial charge is 0.306 e. The number of hydrogen-bond acceptors (Lipinski definition) is 7. The Kier molecular flexibility index (Phi) is 10.1. The number of carbonyl (C=O) groups is 3. The molecule has 4 atom stereocenters. The maximum absolute atomic E-state index is 12.5. The number of esters is 1. The van der Waals surface area contributed by atoms with Gasteiger partial charge in [0.25, 0.3) is 0 Å². The highest BCUT2D eigenvalue weighted by atomic mass is 16.5. The maximum Gasteiger partial charge on any atom is 0.306 e. The molecule has 0 aromatic heterocycles. The average Bonchev–Trinajstić information content (AvgIpc) is 3.04. The Morgan fingerprint density at radius 3 is 2.21 bits per heavy atom. The first-order valence-corrected chi connectivity index (χ1v) is 13.5. The van der Waals surface area contributed by atoms with Crippen LogP contribution in [0.3, 0.4) is 0 Å². The number of rotatable bonds is 4. The summed E-state index contributed by atoms with van der Waals surface area (Å²) in [4.78, 5) is 43.9. The minimum Gasteiger partial charge on any atom is -0.446 e. The SMILES string of the molecule is CN1CCCN2CCC(C(C)(C)C)CCCN(CC1)CC(CCC(=O)OC1C(=O)CCC1=O)C2. The lowest BCUT2D eigenvalue weighted by atomic mass is 9.76. The van der Waals surface area contributed by atoms with Crippen LogP contribution in [0.15, 0.2) is 0 Å². The molecule has 0 aromatic rings. The number of ketones is 2. The van der Waals surface area contributed by atoms with E-state index in [1.54, 1.807) is 0 Å². The zero-order valence-corrected chi connectivity index (χ0v) is 22.0. The Labute approximate surface area is 206 Å². The summed E-state index contributed by atoms with van der Waals surface area (Å²) in [5, 5.41) is 0. The summed E-state index contributed by atoms with van der Waals surface area (Å²) < 4.78 is 5.30. The monoisotopic (exact) mass is 477 g/mol.